The Bertz CT molecular complexity index is 959. The summed E-state index contributed by atoms with van der Waals surface area (Å²) in [7, 11) is 1.83. The van der Waals surface area contributed by atoms with Crippen LogP contribution in [0.4, 0.5) is 0 Å². The number of carbonyl (C=O) groups is 1. The predicted molar refractivity (Wildman–Crippen MR) is 110 cm³/mol. The molecule has 0 bridgehead atoms. The molecule has 5 nitrogen and oxygen atoms in total. The van der Waals surface area contributed by atoms with Crippen molar-refractivity contribution in [3.8, 4) is 0 Å². The van der Waals surface area contributed by atoms with Crippen LogP contribution in [0.1, 0.15) is 46.2 Å². The highest BCUT2D eigenvalue weighted by Gasteiger charge is 2.26. The van der Waals surface area contributed by atoms with Crippen molar-refractivity contribution in [1.29, 1.82) is 0 Å². The molecule has 6 heteroatoms. The number of amides is 1. The number of hydrogen-bond donors (Lipinski definition) is 0. The molecule has 0 unspecified atom stereocenters. The van der Waals surface area contributed by atoms with E-state index >= 15 is 0 Å². The summed E-state index contributed by atoms with van der Waals surface area (Å²) >= 11 is 5.97. The highest BCUT2D eigenvalue weighted by Crippen LogP contribution is 2.27. The lowest BCUT2D eigenvalue weighted by Gasteiger charge is -2.31. The molecule has 3 heterocycles. The lowest BCUT2D eigenvalue weighted by Crippen LogP contribution is -2.38. The van der Waals surface area contributed by atoms with E-state index in [1.165, 1.54) is 5.56 Å². The molecule has 0 radical (unpaired) electrons. The van der Waals surface area contributed by atoms with Crippen LogP contribution in [0.3, 0.4) is 0 Å². The standard InChI is InChI=1S/C22H23ClN4O/c1-26-12-11-21(25-26)22(28)27-13-9-17(10-14-27)20-4-2-3-19(24-20)15-16-5-7-18(23)8-6-16/h2-8,11-12,17H,9-10,13-15H2,1H3. The van der Waals surface area contributed by atoms with Crippen LogP contribution in [0.25, 0.3) is 0 Å². The monoisotopic (exact) mass is 394 g/mol. The smallest absolute Gasteiger partial charge is 0.274 e. The molecule has 0 atom stereocenters. The third kappa shape index (κ3) is 4.25. The summed E-state index contributed by atoms with van der Waals surface area (Å²) in [5.41, 5.74) is 3.90. The molecule has 3 aromatic rings. The molecular weight excluding hydrogens is 372 g/mol. The first-order valence-corrected chi connectivity index (χ1v) is 9.95. The number of benzene rings is 1. The summed E-state index contributed by atoms with van der Waals surface area (Å²) in [4.78, 5) is 19.4. The summed E-state index contributed by atoms with van der Waals surface area (Å²) in [6.45, 7) is 1.48. The van der Waals surface area contributed by atoms with Crippen molar-refractivity contribution in [2.24, 2.45) is 7.05 Å². The van der Waals surface area contributed by atoms with Crippen LogP contribution in [0, 0.1) is 0 Å². The Balaban J connectivity index is 1.39. The molecule has 1 aromatic carbocycles. The third-order valence-electron chi connectivity index (χ3n) is 5.26. The summed E-state index contributed by atoms with van der Waals surface area (Å²) < 4.78 is 1.66. The van der Waals surface area contributed by atoms with Gasteiger partial charge in [-0.25, -0.2) is 0 Å². The third-order valence-corrected chi connectivity index (χ3v) is 5.51. The largest absolute Gasteiger partial charge is 0.337 e. The fourth-order valence-corrected chi connectivity index (χ4v) is 3.83. The minimum absolute atomic E-state index is 0.0171. The molecule has 0 saturated carbocycles. The topological polar surface area (TPSA) is 51.0 Å². The lowest BCUT2D eigenvalue weighted by atomic mass is 9.92. The number of halogens is 1. The van der Waals surface area contributed by atoms with Crippen molar-refractivity contribution in [3.05, 3.63) is 82.4 Å². The second-order valence-electron chi connectivity index (χ2n) is 7.30. The zero-order valence-corrected chi connectivity index (χ0v) is 16.6. The normalized spacial score (nSPS) is 15.0. The molecule has 1 amide bonds. The fourth-order valence-electron chi connectivity index (χ4n) is 3.70. The maximum atomic E-state index is 12.6. The van der Waals surface area contributed by atoms with Gasteiger partial charge in [0, 0.05) is 55.1 Å². The van der Waals surface area contributed by atoms with Gasteiger partial charge >= 0.3 is 0 Å². The van der Waals surface area contributed by atoms with Gasteiger partial charge in [0.05, 0.1) is 0 Å². The van der Waals surface area contributed by atoms with Gasteiger partial charge in [-0.1, -0.05) is 29.8 Å². The highest BCUT2D eigenvalue weighted by atomic mass is 35.5. The summed E-state index contributed by atoms with van der Waals surface area (Å²) in [6, 6.07) is 15.9. The molecule has 0 spiro atoms. The Morgan fingerprint density at radius 3 is 2.54 bits per heavy atom. The average Bonchev–Trinajstić information content (AvgIpc) is 3.16. The Morgan fingerprint density at radius 1 is 1.11 bits per heavy atom. The van der Waals surface area contributed by atoms with Gasteiger partial charge in [0.25, 0.3) is 5.91 Å². The molecule has 0 aliphatic carbocycles. The maximum absolute atomic E-state index is 12.6. The van der Waals surface area contributed by atoms with E-state index in [1.54, 1.807) is 16.9 Å². The Hall–Kier alpha value is -2.66. The number of pyridine rings is 1. The quantitative estimate of drug-likeness (QED) is 0.670. The number of hydrogen-bond acceptors (Lipinski definition) is 3. The molecule has 28 heavy (non-hydrogen) atoms. The van der Waals surface area contributed by atoms with Gasteiger partial charge in [-0.15, -0.1) is 0 Å². The zero-order valence-electron chi connectivity index (χ0n) is 15.9. The minimum atomic E-state index is 0.0171. The van der Waals surface area contributed by atoms with Gasteiger partial charge in [0.15, 0.2) is 0 Å². The minimum Gasteiger partial charge on any atom is -0.337 e. The molecule has 1 aliphatic rings. The van der Waals surface area contributed by atoms with E-state index in [-0.39, 0.29) is 5.91 Å². The number of nitrogens with zero attached hydrogens (tertiary/aromatic N) is 4. The molecule has 1 fully saturated rings. The molecule has 1 saturated heterocycles. The average molecular weight is 395 g/mol. The van der Waals surface area contributed by atoms with Crippen molar-refractivity contribution in [1.82, 2.24) is 19.7 Å². The second kappa shape index (κ2) is 8.15. The van der Waals surface area contributed by atoms with Crippen molar-refractivity contribution in [3.63, 3.8) is 0 Å². The number of carbonyl (C=O) groups excluding carboxylic acids is 1. The molecule has 2 aromatic heterocycles. The van der Waals surface area contributed by atoms with Gasteiger partial charge in [-0.2, -0.15) is 5.10 Å². The molecular formula is C22H23ClN4O. The van der Waals surface area contributed by atoms with Crippen molar-refractivity contribution < 1.29 is 4.79 Å². The van der Waals surface area contributed by atoms with E-state index in [0.717, 1.165) is 48.8 Å². The van der Waals surface area contributed by atoms with Crippen LogP contribution in [0.15, 0.2) is 54.7 Å². The number of rotatable bonds is 4. The van der Waals surface area contributed by atoms with E-state index < -0.39 is 0 Å². The van der Waals surface area contributed by atoms with Gasteiger partial charge in [0.2, 0.25) is 0 Å². The van der Waals surface area contributed by atoms with E-state index in [1.807, 2.05) is 36.2 Å². The van der Waals surface area contributed by atoms with Gasteiger partial charge in [-0.3, -0.25) is 14.5 Å². The molecule has 1 aliphatic heterocycles. The van der Waals surface area contributed by atoms with E-state index in [4.69, 9.17) is 16.6 Å². The van der Waals surface area contributed by atoms with E-state index in [0.29, 0.717) is 11.6 Å². The Labute approximate surface area is 170 Å². The second-order valence-corrected chi connectivity index (χ2v) is 7.73. The highest BCUT2D eigenvalue weighted by molar-refractivity contribution is 6.30. The lowest BCUT2D eigenvalue weighted by molar-refractivity contribution is 0.0705. The van der Waals surface area contributed by atoms with Gasteiger partial charge in [0.1, 0.15) is 5.69 Å². The van der Waals surface area contributed by atoms with Crippen LogP contribution in [0.2, 0.25) is 5.02 Å². The van der Waals surface area contributed by atoms with Gasteiger partial charge in [-0.05, 0) is 48.7 Å². The first kappa shape index (κ1) is 18.7. The Kier molecular flexibility index (Phi) is 5.44. The van der Waals surface area contributed by atoms with E-state index in [2.05, 4.69) is 23.3 Å². The summed E-state index contributed by atoms with van der Waals surface area (Å²) in [6.07, 6.45) is 4.45. The first-order chi connectivity index (χ1) is 13.6. The number of likely N-dealkylation sites (tertiary alicyclic amines) is 1. The van der Waals surface area contributed by atoms with Crippen LogP contribution in [0.5, 0.6) is 0 Å². The summed E-state index contributed by atoms with van der Waals surface area (Å²) in [5.74, 6) is 0.404. The first-order valence-electron chi connectivity index (χ1n) is 9.58. The zero-order chi connectivity index (χ0) is 19.5. The van der Waals surface area contributed by atoms with Crippen LogP contribution < -0.4 is 0 Å². The van der Waals surface area contributed by atoms with Crippen molar-refractivity contribution >= 4 is 17.5 Å². The number of aryl methyl sites for hydroxylation is 1. The van der Waals surface area contributed by atoms with Crippen molar-refractivity contribution in [2.75, 3.05) is 13.1 Å². The molecule has 0 N–H and O–H groups in total. The Morgan fingerprint density at radius 2 is 1.86 bits per heavy atom. The molecule has 144 valence electrons. The summed E-state index contributed by atoms with van der Waals surface area (Å²) in [5, 5.41) is 4.97. The number of piperidine rings is 1. The SMILES string of the molecule is Cn1ccc(C(=O)N2CCC(c3cccc(Cc4ccc(Cl)cc4)n3)CC2)n1. The predicted octanol–water partition coefficient (Wildman–Crippen LogP) is 4.08. The fraction of sp³-hybridized carbons (Fsp3) is 0.318. The van der Waals surface area contributed by atoms with Crippen molar-refractivity contribution in [2.45, 2.75) is 25.2 Å². The maximum Gasteiger partial charge on any atom is 0.274 e. The van der Waals surface area contributed by atoms with Crippen LogP contribution in [-0.2, 0) is 13.5 Å². The molecule has 4 rings (SSSR count). The van der Waals surface area contributed by atoms with Gasteiger partial charge < -0.3 is 4.90 Å². The van der Waals surface area contributed by atoms with Crippen LogP contribution in [-0.4, -0.2) is 38.7 Å². The van der Waals surface area contributed by atoms with E-state index in [9.17, 15) is 4.79 Å². The number of aromatic nitrogens is 3. The van der Waals surface area contributed by atoms with Crippen LogP contribution >= 0.6 is 11.6 Å².